The maximum absolute atomic E-state index is 12.7. The Bertz CT molecular complexity index is 929. The second-order valence-corrected chi connectivity index (χ2v) is 7.39. The summed E-state index contributed by atoms with van der Waals surface area (Å²) in [6, 6.07) is 15.8. The molecule has 0 N–H and O–H groups in total. The van der Waals surface area contributed by atoms with Crippen LogP contribution >= 0.6 is 0 Å². The first-order valence-electron chi connectivity index (χ1n) is 7.64. The molecular formula is C20H18N2O2S. The van der Waals surface area contributed by atoms with Crippen LogP contribution in [0.25, 0.3) is 6.08 Å². The van der Waals surface area contributed by atoms with Gasteiger partial charge in [-0.15, -0.1) is 6.42 Å². The van der Waals surface area contributed by atoms with Crippen LogP contribution in [0.15, 0.2) is 59.5 Å². The predicted octanol–water partition coefficient (Wildman–Crippen LogP) is 3.20. The van der Waals surface area contributed by atoms with Crippen LogP contribution in [-0.2, 0) is 10.0 Å². The molecule has 2 rings (SSSR count). The molecule has 0 aliphatic heterocycles. The minimum atomic E-state index is -3.65. The third-order valence-corrected chi connectivity index (χ3v) is 5.41. The van der Waals surface area contributed by atoms with Gasteiger partial charge in [0, 0.05) is 6.54 Å². The fourth-order valence-corrected chi connectivity index (χ4v) is 3.49. The molecule has 126 valence electrons. The fourth-order valence-electron chi connectivity index (χ4n) is 2.18. The lowest BCUT2D eigenvalue weighted by atomic mass is 10.1. The Morgan fingerprint density at radius 3 is 2.32 bits per heavy atom. The highest BCUT2D eigenvalue weighted by Crippen LogP contribution is 2.16. The van der Waals surface area contributed by atoms with E-state index in [1.54, 1.807) is 60.7 Å². The van der Waals surface area contributed by atoms with Gasteiger partial charge in [0.1, 0.15) is 0 Å². The molecule has 0 atom stereocenters. The minimum absolute atomic E-state index is 0.00603. The van der Waals surface area contributed by atoms with E-state index in [0.29, 0.717) is 5.56 Å². The van der Waals surface area contributed by atoms with Crippen molar-refractivity contribution in [2.75, 3.05) is 13.1 Å². The summed E-state index contributed by atoms with van der Waals surface area (Å²) in [5, 5.41) is 8.79. The predicted molar refractivity (Wildman–Crippen MR) is 99.0 cm³/mol. The maximum atomic E-state index is 12.7. The largest absolute Gasteiger partial charge is 0.244 e. The van der Waals surface area contributed by atoms with Gasteiger partial charge in [0.05, 0.1) is 23.1 Å². The van der Waals surface area contributed by atoms with Crippen molar-refractivity contribution in [1.29, 1.82) is 5.26 Å². The smallest absolute Gasteiger partial charge is 0.207 e. The molecule has 0 aliphatic carbocycles. The van der Waals surface area contributed by atoms with Gasteiger partial charge in [0.25, 0.3) is 0 Å². The van der Waals surface area contributed by atoms with Gasteiger partial charge >= 0.3 is 0 Å². The summed E-state index contributed by atoms with van der Waals surface area (Å²) in [5.41, 5.74) is 2.45. The van der Waals surface area contributed by atoms with E-state index in [2.05, 4.69) is 12.0 Å². The average Bonchev–Trinajstić information content (AvgIpc) is 2.62. The van der Waals surface area contributed by atoms with Crippen LogP contribution in [0.5, 0.6) is 0 Å². The van der Waals surface area contributed by atoms with E-state index in [-0.39, 0.29) is 18.0 Å². The minimum Gasteiger partial charge on any atom is -0.207 e. The summed E-state index contributed by atoms with van der Waals surface area (Å²) in [6.07, 6.45) is 8.87. The Labute approximate surface area is 149 Å². The molecule has 0 amide bonds. The quantitative estimate of drug-likeness (QED) is 0.752. The molecule has 0 heterocycles. The van der Waals surface area contributed by atoms with Gasteiger partial charge in [0.2, 0.25) is 10.0 Å². The number of terminal acetylenes is 1. The topological polar surface area (TPSA) is 61.2 Å². The molecule has 0 saturated heterocycles. The van der Waals surface area contributed by atoms with E-state index in [1.807, 2.05) is 6.92 Å². The van der Waals surface area contributed by atoms with Gasteiger partial charge < -0.3 is 0 Å². The summed E-state index contributed by atoms with van der Waals surface area (Å²) in [6.45, 7) is 2.06. The van der Waals surface area contributed by atoms with E-state index in [9.17, 15) is 8.42 Å². The fraction of sp³-hybridized carbons (Fsp3) is 0.150. The van der Waals surface area contributed by atoms with Crippen LogP contribution < -0.4 is 0 Å². The molecule has 0 bridgehead atoms. The van der Waals surface area contributed by atoms with E-state index >= 15 is 0 Å². The standard InChI is InChI=1S/C20H18N2O2S/c1-3-14-22(25(23,24)20-12-6-17(2)7-13-20)15-4-5-18-8-10-19(16-21)11-9-18/h1,4-13H,14-15H2,2H3/b5-4-. The number of benzene rings is 2. The van der Waals surface area contributed by atoms with Crippen molar-refractivity contribution in [3.63, 3.8) is 0 Å². The molecule has 0 radical (unpaired) electrons. The van der Waals surface area contributed by atoms with Gasteiger partial charge in [0.15, 0.2) is 0 Å². The molecule has 0 fully saturated rings. The van der Waals surface area contributed by atoms with Gasteiger partial charge in [-0.3, -0.25) is 0 Å². The highest BCUT2D eigenvalue weighted by Gasteiger charge is 2.22. The summed E-state index contributed by atoms with van der Waals surface area (Å²) in [7, 11) is -3.65. The first-order valence-corrected chi connectivity index (χ1v) is 9.08. The molecule has 2 aromatic carbocycles. The Hall–Kier alpha value is -2.86. The first kappa shape index (κ1) is 18.5. The number of sulfonamides is 1. The van der Waals surface area contributed by atoms with Crippen molar-refractivity contribution in [3.05, 3.63) is 71.3 Å². The number of aryl methyl sites for hydroxylation is 1. The normalized spacial score (nSPS) is 11.4. The maximum Gasteiger partial charge on any atom is 0.244 e. The molecule has 0 unspecified atom stereocenters. The Morgan fingerprint density at radius 1 is 1.12 bits per heavy atom. The molecule has 0 spiro atoms. The first-order chi connectivity index (χ1) is 12.0. The van der Waals surface area contributed by atoms with Crippen molar-refractivity contribution in [2.45, 2.75) is 11.8 Å². The van der Waals surface area contributed by atoms with Crippen LogP contribution in [0.1, 0.15) is 16.7 Å². The van der Waals surface area contributed by atoms with Gasteiger partial charge in [-0.25, -0.2) is 8.42 Å². The highest BCUT2D eigenvalue weighted by molar-refractivity contribution is 7.89. The molecule has 0 aliphatic rings. The van der Waals surface area contributed by atoms with Crippen LogP contribution in [0, 0.1) is 30.6 Å². The third kappa shape index (κ3) is 4.81. The molecule has 4 nitrogen and oxygen atoms in total. The van der Waals surface area contributed by atoms with Crippen LogP contribution in [0.4, 0.5) is 0 Å². The second kappa shape index (κ2) is 8.30. The zero-order valence-electron chi connectivity index (χ0n) is 13.9. The number of nitrogens with zero attached hydrogens (tertiary/aromatic N) is 2. The lowest BCUT2D eigenvalue weighted by Gasteiger charge is -2.18. The number of rotatable bonds is 6. The van der Waals surface area contributed by atoms with E-state index in [0.717, 1.165) is 11.1 Å². The summed E-state index contributed by atoms with van der Waals surface area (Å²) >= 11 is 0. The lowest BCUT2D eigenvalue weighted by molar-refractivity contribution is 0.478. The Morgan fingerprint density at radius 2 is 1.76 bits per heavy atom. The molecule has 0 saturated carbocycles. The van der Waals surface area contributed by atoms with Gasteiger partial charge in [-0.1, -0.05) is 47.9 Å². The summed E-state index contributed by atoms with van der Waals surface area (Å²) in [4.78, 5) is 0.222. The SMILES string of the molecule is C#CCN(C/C=C\c1ccc(C#N)cc1)S(=O)(=O)c1ccc(C)cc1. The lowest BCUT2D eigenvalue weighted by Crippen LogP contribution is -2.31. The van der Waals surface area contributed by atoms with Crippen LogP contribution in [0.3, 0.4) is 0 Å². The molecule has 2 aromatic rings. The van der Waals surface area contributed by atoms with E-state index in [4.69, 9.17) is 11.7 Å². The number of hydrogen-bond acceptors (Lipinski definition) is 3. The molecule has 25 heavy (non-hydrogen) atoms. The summed E-state index contributed by atoms with van der Waals surface area (Å²) < 4.78 is 26.7. The van der Waals surface area contributed by atoms with E-state index < -0.39 is 10.0 Å². The Balaban J connectivity index is 2.17. The van der Waals surface area contributed by atoms with Gasteiger partial charge in [-0.05, 0) is 36.8 Å². The van der Waals surface area contributed by atoms with Crippen molar-refractivity contribution < 1.29 is 8.42 Å². The zero-order valence-corrected chi connectivity index (χ0v) is 14.7. The van der Waals surface area contributed by atoms with Crippen LogP contribution in [0.2, 0.25) is 0 Å². The summed E-state index contributed by atoms with van der Waals surface area (Å²) in [5.74, 6) is 2.40. The van der Waals surface area contributed by atoms with Crippen molar-refractivity contribution in [2.24, 2.45) is 0 Å². The third-order valence-electron chi connectivity index (χ3n) is 3.59. The van der Waals surface area contributed by atoms with E-state index in [1.165, 1.54) is 4.31 Å². The molecular weight excluding hydrogens is 332 g/mol. The highest BCUT2D eigenvalue weighted by atomic mass is 32.2. The monoisotopic (exact) mass is 350 g/mol. The van der Waals surface area contributed by atoms with Crippen molar-refractivity contribution in [3.8, 4) is 18.4 Å². The van der Waals surface area contributed by atoms with Crippen molar-refractivity contribution >= 4 is 16.1 Å². The molecule has 5 heteroatoms. The van der Waals surface area contributed by atoms with Gasteiger partial charge in [-0.2, -0.15) is 9.57 Å². The average molecular weight is 350 g/mol. The molecule has 0 aromatic heterocycles. The van der Waals surface area contributed by atoms with Crippen LogP contribution in [-0.4, -0.2) is 25.8 Å². The number of nitriles is 1. The second-order valence-electron chi connectivity index (χ2n) is 5.45. The Kier molecular flexibility index (Phi) is 6.14. The van der Waals surface area contributed by atoms with Crippen molar-refractivity contribution in [1.82, 2.24) is 4.31 Å². The zero-order chi connectivity index (χ0) is 18.3. The number of hydrogen-bond donors (Lipinski definition) is 0.